The Morgan fingerprint density at radius 1 is 1.38 bits per heavy atom. The molecule has 0 radical (unpaired) electrons. The van der Waals surface area contributed by atoms with Crippen molar-refractivity contribution in [1.29, 1.82) is 0 Å². The first-order valence-electron chi connectivity index (χ1n) is 4.54. The van der Waals surface area contributed by atoms with Crippen LogP contribution in [-0.4, -0.2) is 18.5 Å². The topological polar surface area (TPSA) is 59.7 Å². The number of phenolic OH excluding ortho intramolecular Hbond substituents is 1. The number of ether oxygens (including phenoxy) is 1. The van der Waals surface area contributed by atoms with Gasteiger partial charge >= 0.3 is 0 Å². The van der Waals surface area contributed by atoms with E-state index in [1.54, 1.807) is 6.07 Å². The average molecular weight is 238 g/mol. The van der Waals surface area contributed by atoms with E-state index in [1.165, 1.54) is 31.0 Å². The van der Waals surface area contributed by atoms with E-state index < -0.39 is 0 Å². The van der Waals surface area contributed by atoms with Crippen LogP contribution in [-0.2, 0) is 0 Å². The number of thioether (sulfide) groups is 1. The fourth-order valence-electron chi connectivity index (χ4n) is 1.44. The van der Waals surface area contributed by atoms with E-state index in [2.05, 4.69) is 0 Å². The number of fused-ring (bicyclic) bond motifs is 1. The van der Waals surface area contributed by atoms with Crippen LogP contribution in [0, 0.1) is 0 Å². The second kappa shape index (κ2) is 4.09. The predicted molar refractivity (Wildman–Crippen MR) is 62.5 cm³/mol. The van der Waals surface area contributed by atoms with Gasteiger partial charge in [-0.3, -0.25) is 4.79 Å². The van der Waals surface area contributed by atoms with Crippen LogP contribution < -0.4 is 10.2 Å². The average Bonchev–Trinajstić information content (AvgIpc) is 2.27. The van der Waals surface area contributed by atoms with Gasteiger partial charge in [-0.1, -0.05) is 11.8 Å². The largest absolute Gasteiger partial charge is 0.507 e. The van der Waals surface area contributed by atoms with E-state index in [-0.39, 0.29) is 16.6 Å². The molecular formula is C11H10O4S. The van der Waals surface area contributed by atoms with Crippen LogP contribution in [0.3, 0.4) is 0 Å². The van der Waals surface area contributed by atoms with Gasteiger partial charge in [0.05, 0.1) is 7.11 Å². The number of benzene rings is 1. The molecule has 0 spiro atoms. The molecule has 0 unspecified atom stereocenters. The summed E-state index contributed by atoms with van der Waals surface area (Å²) in [6.45, 7) is 0. The minimum atomic E-state index is -0.259. The van der Waals surface area contributed by atoms with Gasteiger partial charge in [0.25, 0.3) is 0 Å². The van der Waals surface area contributed by atoms with Crippen LogP contribution in [0.25, 0.3) is 11.0 Å². The highest BCUT2D eigenvalue weighted by Crippen LogP contribution is 2.29. The van der Waals surface area contributed by atoms with Crippen molar-refractivity contribution in [2.24, 2.45) is 0 Å². The number of rotatable bonds is 2. The van der Waals surface area contributed by atoms with E-state index in [9.17, 15) is 9.90 Å². The molecule has 4 nitrogen and oxygen atoms in total. The van der Waals surface area contributed by atoms with Gasteiger partial charge in [-0.25, -0.2) is 0 Å². The lowest BCUT2D eigenvalue weighted by Gasteiger charge is -2.05. The number of methoxy groups -OCH3 is 1. The number of phenols is 1. The molecule has 0 saturated heterocycles. The molecule has 1 N–H and O–H groups in total. The minimum Gasteiger partial charge on any atom is -0.507 e. The van der Waals surface area contributed by atoms with Crippen LogP contribution in [0.1, 0.15) is 0 Å². The van der Waals surface area contributed by atoms with E-state index in [4.69, 9.17) is 9.15 Å². The Morgan fingerprint density at radius 3 is 2.75 bits per heavy atom. The summed E-state index contributed by atoms with van der Waals surface area (Å²) in [5.41, 5.74) is 0.0689. The second-order valence-electron chi connectivity index (χ2n) is 3.15. The number of hydrogen-bond donors (Lipinski definition) is 1. The summed E-state index contributed by atoms with van der Waals surface area (Å²) in [4.78, 5) is 11.7. The van der Waals surface area contributed by atoms with Crippen LogP contribution in [0.5, 0.6) is 11.5 Å². The molecule has 0 saturated carbocycles. The Balaban J connectivity index is 2.84. The molecule has 2 rings (SSSR count). The lowest BCUT2D eigenvalue weighted by atomic mass is 10.2. The molecule has 16 heavy (non-hydrogen) atoms. The molecule has 1 aromatic heterocycles. The predicted octanol–water partition coefficient (Wildman–Crippen LogP) is 2.23. The van der Waals surface area contributed by atoms with E-state index >= 15 is 0 Å². The van der Waals surface area contributed by atoms with Gasteiger partial charge in [-0.2, -0.15) is 0 Å². The normalized spacial score (nSPS) is 10.6. The van der Waals surface area contributed by atoms with Gasteiger partial charge in [0, 0.05) is 18.2 Å². The third kappa shape index (κ3) is 1.74. The Kier molecular flexibility index (Phi) is 2.78. The molecule has 0 aliphatic carbocycles. The van der Waals surface area contributed by atoms with E-state index in [1.807, 2.05) is 6.26 Å². The van der Waals surface area contributed by atoms with Crippen molar-refractivity contribution in [3.8, 4) is 11.5 Å². The summed E-state index contributed by atoms with van der Waals surface area (Å²) in [6.07, 6.45) is 1.81. The van der Waals surface area contributed by atoms with Crippen molar-refractivity contribution < 1.29 is 14.3 Å². The Labute approximate surface area is 95.8 Å². The van der Waals surface area contributed by atoms with Crippen LogP contribution in [0.4, 0.5) is 0 Å². The molecule has 1 aromatic carbocycles. The summed E-state index contributed by atoms with van der Waals surface area (Å²) >= 11 is 1.33. The third-order valence-corrected chi connectivity index (χ3v) is 2.80. The molecule has 1 heterocycles. The van der Waals surface area contributed by atoms with E-state index in [0.717, 1.165) is 0 Å². The van der Waals surface area contributed by atoms with Gasteiger partial charge in [0.15, 0.2) is 10.5 Å². The number of hydrogen-bond acceptors (Lipinski definition) is 5. The van der Waals surface area contributed by atoms with Crippen molar-refractivity contribution in [3.63, 3.8) is 0 Å². The van der Waals surface area contributed by atoms with Gasteiger partial charge in [0.1, 0.15) is 22.5 Å². The first-order chi connectivity index (χ1) is 7.65. The lowest BCUT2D eigenvalue weighted by molar-refractivity contribution is 0.406. The maximum atomic E-state index is 11.7. The lowest BCUT2D eigenvalue weighted by Crippen LogP contribution is -2.00. The summed E-state index contributed by atoms with van der Waals surface area (Å²) in [5, 5.41) is 10.4. The minimum absolute atomic E-state index is 0.129. The fraction of sp³-hybridized carbons (Fsp3) is 0.182. The Hall–Kier alpha value is -1.62. The molecule has 5 heteroatoms. The molecule has 0 fully saturated rings. The van der Waals surface area contributed by atoms with Gasteiger partial charge in [-0.05, 0) is 6.26 Å². The monoisotopic (exact) mass is 238 g/mol. The first kappa shape index (κ1) is 10.9. The maximum absolute atomic E-state index is 11.7. The number of aromatic hydroxyl groups is 1. The molecule has 0 aliphatic heterocycles. The summed E-state index contributed by atoms with van der Waals surface area (Å²) in [5.74, 6) is 0.321. The van der Waals surface area contributed by atoms with Crippen molar-refractivity contribution in [3.05, 3.63) is 28.4 Å². The second-order valence-corrected chi connectivity index (χ2v) is 3.96. The highest BCUT2D eigenvalue weighted by molar-refractivity contribution is 7.98. The molecule has 0 bridgehead atoms. The van der Waals surface area contributed by atoms with Crippen molar-refractivity contribution >= 4 is 22.7 Å². The van der Waals surface area contributed by atoms with Crippen molar-refractivity contribution in [1.82, 2.24) is 0 Å². The highest BCUT2D eigenvalue weighted by atomic mass is 32.2. The third-order valence-electron chi connectivity index (χ3n) is 2.20. The molecule has 0 aliphatic rings. The molecule has 0 amide bonds. The summed E-state index contributed by atoms with van der Waals surface area (Å²) in [6, 6.07) is 4.33. The molecule has 84 valence electrons. The van der Waals surface area contributed by atoms with E-state index in [0.29, 0.717) is 16.4 Å². The van der Waals surface area contributed by atoms with Crippen LogP contribution in [0.2, 0.25) is 0 Å². The smallest absolute Gasteiger partial charge is 0.197 e. The van der Waals surface area contributed by atoms with Crippen LogP contribution in [0.15, 0.2) is 32.5 Å². The van der Waals surface area contributed by atoms with Crippen molar-refractivity contribution in [2.75, 3.05) is 13.4 Å². The zero-order valence-electron chi connectivity index (χ0n) is 8.81. The van der Waals surface area contributed by atoms with Crippen LogP contribution >= 0.6 is 11.8 Å². The Morgan fingerprint density at radius 2 is 2.12 bits per heavy atom. The van der Waals surface area contributed by atoms with Gasteiger partial charge in [-0.15, -0.1) is 0 Å². The maximum Gasteiger partial charge on any atom is 0.197 e. The quantitative estimate of drug-likeness (QED) is 0.813. The summed E-state index contributed by atoms with van der Waals surface area (Å²) in [7, 11) is 1.48. The fourth-order valence-corrected chi connectivity index (χ4v) is 1.84. The first-order valence-corrected chi connectivity index (χ1v) is 5.77. The molecule has 2 aromatic rings. The molecular weight excluding hydrogens is 228 g/mol. The summed E-state index contributed by atoms with van der Waals surface area (Å²) < 4.78 is 10.4. The van der Waals surface area contributed by atoms with Gasteiger partial charge < -0.3 is 14.3 Å². The zero-order valence-corrected chi connectivity index (χ0v) is 9.63. The standard InChI is InChI=1S/C11H10O4S/c1-14-6-3-7(12)11-8(13)5-10(16-2)15-9(11)4-6/h3-5,12H,1-2H3. The highest BCUT2D eigenvalue weighted by Gasteiger charge is 2.10. The zero-order chi connectivity index (χ0) is 11.7. The SMILES string of the molecule is COc1cc(O)c2c(=O)cc(SC)oc2c1. The van der Waals surface area contributed by atoms with Crippen molar-refractivity contribution in [2.45, 2.75) is 5.09 Å². The Bertz CT molecular complexity index is 583. The molecule has 0 atom stereocenters. The van der Waals surface area contributed by atoms with Gasteiger partial charge in [0.2, 0.25) is 0 Å².